The van der Waals surface area contributed by atoms with Gasteiger partial charge in [0, 0.05) is 39.8 Å². The van der Waals surface area contributed by atoms with Crippen LogP contribution in [0.4, 0.5) is 4.79 Å². The number of aliphatic carboxylic acids is 1. The largest absolute Gasteiger partial charge is 0.480 e. The first-order valence-electron chi connectivity index (χ1n) is 7.50. The molecule has 0 aromatic rings. The molecule has 2 amide bonds. The van der Waals surface area contributed by atoms with Gasteiger partial charge in [-0.2, -0.15) is 0 Å². The van der Waals surface area contributed by atoms with Crippen LogP contribution >= 0.6 is 0 Å². The van der Waals surface area contributed by atoms with Crippen molar-refractivity contribution in [2.75, 3.05) is 46.3 Å². The molecule has 1 aliphatic carbocycles. The van der Waals surface area contributed by atoms with E-state index in [9.17, 15) is 9.59 Å². The fourth-order valence-corrected chi connectivity index (χ4v) is 3.19. The van der Waals surface area contributed by atoms with E-state index in [4.69, 9.17) is 5.11 Å². The Morgan fingerprint density at radius 1 is 1.15 bits per heavy atom. The van der Waals surface area contributed by atoms with Gasteiger partial charge in [0.05, 0.1) is 6.54 Å². The van der Waals surface area contributed by atoms with Gasteiger partial charge in [-0.15, -0.1) is 0 Å². The van der Waals surface area contributed by atoms with Crippen LogP contribution in [0.5, 0.6) is 0 Å². The zero-order valence-corrected chi connectivity index (χ0v) is 12.3. The summed E-state index contributed by atoms with van der Waals surface area (Å²) in [4.78, 5) is 28.5. The lowest BCUT2D eigenvalue weighted by molar-refractivity contribution is -0.138. The van der Waals surface area contributed by atoms with Crippen molar-refractivity contribution in [1.29, 1.82) is 0 Å². The molecule has 6 nitrogen and oxygen atoms in total. The Balaban J connectivity index is 1.74. The summed E-state index contributed by atoms with van der Waals surface area (Å²) in [6.07, 6.45) is 5.06. The summed E-state index contributed by atoms with van der Waals surface area (Å²) in [5.41, 5.74) is 0. The summed E-state index contributed by atoms with van der Waals surface area (Å²) in [5, 5.41) is 8.76. The van der Waals surface area contributed by atoms with Crippen LogP contribution in [-0.2, 0) is 4.79 Å². The van der Waals surface area contributed by atoms with Gasteiger partial charge in [-0.1, -0.05) is 12.8 Å². The number of hydrogen-bond donors (Lipinski definition) is 1. The summed E-state index contributed by atoms with van der Waals surface area (Å²) in [6.45, 7) is 3.47. The summed E-state index contributed by atoms with van der Waals surface area (Å²) in [6, 6.07) is 0.0897. The van der Waals surface area contributed by atoms with Crippen molar-refractivity contribution in [3.05, 3.63) is 0 Å². The Hall–Kier alpha value is -1.30. The van der Waals surface area contributed by atoms with Crippen LogP contribution in [0.2, 0.25) is 0 Å². The van der Waals surface area contributed by atoms with Crippen LogP contribution in [0.25, 0.3) is 0 Å². The van der Waals surface area contributed by atoms with E-state index in [1.165, 1.54) is 25.7 Å². The molecule has 0 aromatic carbocycles. The monoisotopic (exact) mass is 283 g/mol. The average Bonchev–Trinajstić information content (AvgIpc) is 2.91. The van der Waals surface area contributed by atoms with E-state index >= 15 is 0 Å². The van der Waals surface area contributed by atoms with Crippen LogP contribution in [0.1, 0.15) is 25.7 Å². The molecule has 1 saturated carbocycles. The number of carboxylic acids is 1. The highest BCUT2D eigenvalue weighted by atomic mass is 16.4. The molecule has 1 heterocycles. The van der Waals surface area contributed by atoms with E-state index in [-0.39, 0.29) is 12.6 Å². The molecule has 2 fully saturated rings. The summed E-state index contributed by atoms with van der Waals surface area (Å²) in [7, 11) is 1.88. The van der Waals surface area contributed by atoms with E-state index < -0.39 is 5.97 Å². The normalized spacial score (nSPS) is 21.1. The highest BCUT2D eigenvalue weighted by molar-refractivity contribution is 5.74. The molecule has 20 heavy (non-hydrogen) atoms. The van der Waals surface area contributed by atoms with Gasteiger partial charge in [0.15, 0.2) is 0 Å². The average molecular weight is 283 g/mol. The smallest absolute Gasteiger partial charge is 0.319 e. The lowest BCUT2D eigenvalue weighted by atomic mass is 10.1. The van der Waals surface area contributed by atoms with Crippen LogP contribution in [0.3, 0.4) is 0 Å². The molecular formula is C14H25N3O3. The quantitative estimate of drug-likeness (QED) is 0.833. The van der Waals surface area contributed by atoms with Crippen LogP contribution < -0.4 is 0 Å². The van der Waals surface area contributed by atoms with Crippen molar-refractivity contribution in [3.8, 4) is 0 Å². The summed E-state index contributed by atoms with van der Waals surface area (Å²) >= 11 is 0. The Kier molecular flexibility index (Phi) is 5.23. The molecule has 0 bridgehead atoms. The first-order valence-corrected chi connectivity index (χ1v) is 7.50. The van der Waals surface area contributed by atoms with Crippen LogP contribution in [0.15, 0.2) is 0 Å². The first-order chi connectivity index (χ1) is 9.56. The molecule has 2 rings (SSSR count). The van der Waals surface area contributed by atoms with Gasteiger partial charge < -0.3 is 14.9 Å². The fourth-order valence-electron chi connectivity index (χ4n) is 3.19. The summed E-state index contributed by atoms with van der Waals surface area (Å²) < 4.78 is 0. The lowest BCUT2D eigenvalue weighted by Crippen LogP contribution is -2.53. The van der Waals surface area contributed by atoms with Gasteiger partial charge in [-0.3, -0.25) is 9.69 Å². The zero-order chi connectivity index (χ0) is 14.5. The molecule has 1 N–H and O–H groups in total. The van der Waals surface area contributed by atoms with Gasteiger partial charge in [0.2, 0.25) is 0 Å². The molecular weight excluding hydrogens is 258 g/mol. The highest BCUT2D eigenvalue weighted by Gasteiger charge is 2.26. The fraction of sp³-hybridized carbons (Fsp3) is 0.857. The number of amides is 2. The van der Waals surface area contributed by atoms with E-state index in [1.807, 2.05) is 21.7 Å². The van der Waals surface area contributed by atoms with Crippen molar-refractivity contribution >= 4 is 12.0 Å². The Bertz CT molecular complexity index is 348. The molecule has 114 valence electrons. The molecule has 1 aliphatic heterocycles. The van der Waals surface area contributed by atoms with Crippen molar-refractivity contribution in [1.82, 2.24) is 14.7 Å². The topological polar surface area (TPSA) is 64.1 Å². The predicted octanol–water partition coefficient (Wildman–Crippen LogP) is 0.931. The lowest BCUT2D eigenvalue weighted by Gasteiger charge is -2.36. The second kappa shape index (κ2) is 6.92. The van der Waals surface area contributed by atoms with E-state index in [0.29, 0.717) is 32.1 Å². The molecule has 0 unspecified atom stereocenters. The Morgan fingerprint density at radius 3 is 2.30 bits per heavy atom. The molecule has 0 spiro atoms. The standard InChI is InChI=1S/C14H25N3O3/c1-15(10-12-4-2-3-5-12)14(20)17-8-6-16(7-9-17)11-13(18)19/h12H,2-11H2,1H3,(H,18,19). The predicted molar refractivity (Wildman–Crippen MR) is 75.6 cm³/mol. The second-order valence-electron chi connectivity index (χ2n) is 5.97. The second-order valence-corrected chi connectivity index (χ2v) is 5.97. The van der Waals surface area contributed by atoms with E-state index in [0.717, 1.165) is 6.54 Å². The number of carbonyl (C=O) groups excluding carboxylic acids is 1. The van der Waals surface area contributed by atoms with Gasteiger partial charge >= 0.3 is 12.0 Å². The minimum absolute atomic E-state index is 0.0694. The number of urea groups is 1. The first kappa shape index (κ1) is 15.1. The minimum Gasteiger partial charge on any atom is -0.480 e. The minimum atomic E-state index is -0.803. The third-order valence-corrected chi connectivity index (χ3v) is 4.34. The summed E-state index contributed by atoms with van der Waals surface area (Å²) in [5.74, 6) is -0.139. The number of carbonyl (C=O) groups is 2. The van der Waals surface area contributed by atoms with Crippen molar-refractivity contribution in [2.45, 2.75) is 25.7 Å². The maximum absolute atomic E-state index is 12.3. The van der Waals surface area contributed by atoms with E-state index in [1.54, 1.807) is 0 Å². The maximum atomic E-state index is 12.3. The van der Waals surface area contributed by atoms with E-state index in [2.05, 4.69) is 0 Å². The Labute approximate surface area is 120 Å². The van der Waals surface area contributed by atoms with Crippen molar-refractivity contribution in [2.24, 2.45) is 5.92 Å². The molecule has 1 saturated heterocycles. The van der Waals surface area contributed by atoms with Gasteiger partial charge in [-0.25, -0.2) is 4.79 Å². The number of hydrogen-bond acceptors (Lipinski definition) is 3. The Morgan fingerprint density at radius 2 is 1.75 bits per heavy atom. The number of piperazine rings is 1. The maximum Gasteiger partial charge on any atom is 0.319 e. The van der Waals surface area contributed by atoms with Crippen LogP contribution in [0, 0.1) is 5.92 Å². The molecule has 2 aliphatic rings. The zero-order valence-electron chi connectivity index (χ0n) is 12.3. The van der Waals surface area contributed by atoms with Gasteiger partial charge in [0.1, 0.15) is 0 Å². The third kappa shape index (κ3) is 4.10. The molecule has 0 radical (unpaired) electrons. The number of nitrogens with zero attached hydrogens (tertiary/aromatic N) is 3. The number of rotatable bonds is 4. The van der Waals surface area contributed by atoms with Gasteiger partial charge in [0.25, 0.3) is 0 Å². The molecule has 0 aromatic heterocycles. The molecule has 6 heteroatoms. The number of carboxylic acid groups (broad SMARTS) is 1. The third-order valence-electron chi connectivity index (χ3n) is 4.34. The van der Waals surface area contributed by atoms with Crippen LogP contribution in [-0.4, -0.2) is 78.1 Å². The highest BCUT2D eigenvalue weighted by Crippen LogP contribution is 2.25. The van der Waals surface area contributed by atoms with Gasteiger partial charge in [-0.05, 0) is 18.8 Å². The molecule has 0 atom stereocenters. The SMILES string of the molecule is CN(CC1CCCC1)C(=O)N1CCN(CC(=O)O)CC1. The van der Waals surface area contributed by atoms with Crippen molar-refractivity contribution in [3.63, 3.8) is 0 Å². The van der Waals surface area contributed by atoms with Crippen molar-refractivity contribution < 1.29 is 14.7 Å².